The average molecular weight is 351 g/mol. The molecule has 4 rings (SSSR count). The average Bonchev–Trinajstić information content (AvgIpc) is 3.34. The molecule has 26 heavy (non-hydrogen) atoms. The van der Waals surface area contributed by atoms with E-state index in [1.54, 1.807) is 12.4 Å². The van der Waals surface area contributed by atoms with E-state index in [4.69, 9.17) is 4.74 Å². The molecule has 1 N–H and O–H groups in total. The van der Waals surface area contributed by atoms with Gasteiger partial charge in [-0.3, -0.25) is 4.98 Å². The third-order valence-electron chi connectivity index (χ3n) is 5.25. The summed E-state index contributed by atoms with van der Waals surface area (Å²) in [5, 5.41) is 3.15. The third kappa shape index (κ3) is 3.88. The number of urea groups is 1. The quantitative estimate of drug-likeness (QED) is 0.892. The number of aryl methyl sites for hydroxylation is 1. The normalized spacial score (nSPS) is 18.5. The van der Waals surface area contributed by atoms with Crippen molar-refractivity contribution < 1.29 is 9.53 Å². The number of ether oxygens (including phenoxy) is 1. The van der Waals surface area contributed by atoms with E-state index in [0.29, 0.717) is 13.1 Å². The molecule has 2 aliphatic rings. The fourth-order valence-corrected chi connectivity index (χ4v) is 3.89. The second kappa shape index (κ2) is 7.87. The molecule has 136 valence electrons. The van der Waals surface area contributed by atoms with Crippen LogP contribution in [0.1, 0.15) is 36.0 Å². The number of hydrogen-bond donors (Lipinski definition) is 1. The topological polar surface area (TPSA) is 54.5 Å². The fourth-order valence-electron chi connectivity index (χ4n) is 3.89. The molecule has 2 heterocycles. The molecule has 1 fully saturated rings. The Hall–Kier alpha value is -2.40. The van der Waals surface area contributed by atoms with Gasteiger partial charge in [-0.05, 0) is 67.0 Å². The first-order valence-corrected chi connectivity index (χ1v) is 9.47. The monoisotopic (exact) mass is 351 g/mol. The van der Waals surface area contributed by atoms with Gasteiger partial charge in [0.2, 0.25) is 0 Å². The van der Waals surface area contributed by atoms with Crippen molar-refractivity contribution in [2.24, 2.45) is 0 Å². The van der Waals surface area contributed by atoms with Gasteiger partial charge < -0.3 is 15.0 Å². The van der Waals surface area contributed by atoms with Gasteiger partial charge in [0.25, 0.3) is 0 Å². The minimum absolute atomic E-state index is 0.0578. The maximum atomic E-state index is 13.0. The Morgan fingerprint density at radius 1 is 1.19 bits per heavy atom. The molecule has 0 radical (unpaired) electrons. The lowest BCUT2D eigenvalue weighted by Crippen LogP contribution is -2.39. The molecule has 1 aliphatic heterocycles. The van der Waals surface area contributed by atoms with E-state index in [9.17, 15) is 4.79 Å². The van der Waals surface area contributed by atoms with Crippen molar-refractivity contribution in [3.05, 3.63) is 59.4 Å². The van der Waals surface area contributed by atoms with Crippen LogP contribution in [-0.2, 0) is 24.1 Å². The highest BCUT2D eigenvalue weighted by Crippen LogP contribution is 2.29. The van der Waals surface area contributed by atoms with E-state index in [1.165, 1.54) is 17.5 Å². The van der Waals surface area contributed by atoms with E-state index in [1.807, 2.05) is 29.2 Å². The fraction of sp³-hybridized carbons (Fsp3) is 0.429. The Bertz CT molecular complexity index is 757. The number of fused-ring (bicyclic) bond motifs is 1. The Balaban J connectivity index is 1.50. The zero-order chi connectivity index (χ0) is 17.8. The minimum atomic E-state index is -0.0578. The highest BCUT2D eigenvalue weighted by atomic mass is 16.5. The summed E-state index contributed by atoms with van der Waals surface area (Å²) in [6, 6.07) is 10.1. The van der Waals surface area contributed by atoms with Crippen molar-refractivity contribution in [1.29, 1.82) is 0 Å². The molecule has 1 atom stereocenters. The lowest BCUT2D eigenvalue weighted by Gasteiger charge is -2.26. The molecule has 1 aromatic carbocycles. The molecule has 0 saturated carbocycles. The minimum Gasteiger partial charge on any atom is -0.376 e. The number of aromatic nitrogens is 1. The van der Waals surface area contributed by atoms with Crippen molar-refractivity contribution in [2.45, 2.75) is 44.8 Å². The number of pyridine rings is 1. The van der Waals surface area contributed by atoms with Crippen molar-refractivity contribution in [3.63, 3.8) is 0 Å². The predicted octanol–water partition coefficient (Wildman–Crippen LogP) is 3.78. The Kier molecular flexibility index (Phi) is 5.16. The number of rotatable bonds is 5. The van der Waals surface area contributed by atoms with E-state index in [-0.39, 0.29) is 12.1 Å². The van der Waals surface area contributed by atoms with Crippen molar-refractivity contribution >= 4 is 11.7 Å². The molecule has 1 saturated heterocycles. The Labute approximate surface area is 154 Å². The predicted molar refractivity (Wildman–Crippen MR) is 101 cm³/mol. The number of anilines is 1. The summed E-state index contributed by atoms with van der Waals surface area (Å²) >= 11 is 0. The number of carbonyl (C=O) groups excluding carboxylic acids is 1. The third-order valence-corrected chi connectivity index (χ3v) is 5.25. The zero-order valence-corrected chi connectivity index (χ0v) is 15.0. The SMILES string of the molecule is O=C(Nc1cccc2c1CCC2)N(Cc1ccncc1)C[C@@H]1CCCO1. The number of benzene rings is 1. The summed E-state index contributed by atoms with van der Waals surface area (Å²) in [7, 11) is 0. The van der Waals surface area contributed by atoms with Crippen LogP contribution in [0.3, 0.4) is 0 Å². The second-order valence-corrected chi connectivity index (χ2v) is 7.10. The maximum Gasteiger partial charge on any atom is 0.322 e. The van der Waals surface area contributed by atoms with Gasteiger partial charge in [-0.2, -0.15) is 0 Å². The van der Waals surface area contributed by atoms with Gasteiger partial charge in [0.1, 0.15) is 0 Å². The summed E-state index contributed by atoms with van der Waals surface area (Å²) in [5.74, 6) is 0. The first-order valence-electron chi connectivity index (χ1n) is 9.47. The van der Waals surface area contributed by atoms with Crippen LogP contribution in [-0.4, -0.2) is 35.2 Å². The Morgan fingerprint density at radius 2 is 2.08 bits per heavy atom. The van der Waals surface area contributed by atoms with Crippen LogP contribution < -0.4 is 5.32 Å². The van der Waals surface area contributed by atoms with Crippen LogP contribution in [0.15, 0.2) is 42.7 Å². The standard InChI is InChI=1S/C21H25N3O2/c25-21(23-20-8-2-5-17-4-1-7-19(17)20)24(15-18-6-3-13-26-18)14-16-9-11-22-12-10-16/h2,5,8-12,18H,1,3-4,6-7,13-15H2,(H,23,25)/t18-/m0/s1. The van der Waals surface area contributed by atoms with Crippen LogP contribution in [0.25, 0.3) is 0 Å². The first kappa shape index (κ1) is 17.0. The van der Waals surface area contributed by atoms with Gasteiger partial charge in [-0.1, -0.05) is 12.1 Å². The number of amides is 2. The van der Waals surface area contributed by atoms with Crippen molar-refractivity contribution in [2.75, 3.05) is 18.5 Å². The lowest BCUT2D eigenvalue weighted by molar-refractivity contribution is 0.0819. The number of nitrogens with zero attached hydrogens (tertiary/aromatic N) is 2. The lowest BCUT2D eigenvalue weighted by atomic mass is 10.1. The van der Waals surface area contributed by atoms with Gasteiger partial charge in [-0.25, -0.2) is 4.79 Å². The zero-order valence-electron chi connectivity index (χ0n) is 15.0. The van der Waals surface area contributed by atoms with E-state index >= 15 is 0 Å². The van der Waals surface area contributed by atoms with E-state index in [2.05, 4.69) is 16.4 Å². The number of nitrogens with one attached hydrogen (secondary N) is 1. The summed E-state index contributed by atoms with van der Waals surface area (Å²) in [6.07, 6.45) is 9.06. The summed E-state index contributed by atoms with van der Waals surface area (Å²) < 4.78 is 5.76. The number of carbonyl (C=O) groups is 1. The van der Waals surface area contributed by atoms with Gasteiger partial charge in [0.15, 0.2) is 0 Å². The molecule has 2 amide bonds. The first-order chi connectivity index (χ1) is 12.8. The van der Waals surface area contributed by atoms with Crippen LogP contribution in [0.2, 0.25) is 0 Å². The second-order valence-electron chi connectivity index (χ2n) is 7.10. The summed E-state index contributed by atoms with van der Waals surface area (Å²) in [5.41, 5.74) is 4.69. The van der Waals surface area contributed by atoms with Gasteiger partial charge in [-0.15, -0.1) is 0 Å². The molecular weight excluding hydrogens is 326 g/mol. The van der Waals surface area contributed by atoms with Gasteiger partial charge in [0, 0.05) is 37.8 Å². The molecular formula is C21H25N3O2. The molecule has 0 unspecified atom stereocenters. The summed E-state index contributed by atoms with van der Waals surface area (Å²) in [6.45, 7) is 1.97. The van der Waals surface area contributed by atoms with Crippen molar-refractivity contribution in [1.82, 2.24) is 9.88 Å². The van der Waals surface area contributed by atoms with Gasteiger partial charge in [0.05, 0.1) is 6.10 Å². The molecule has 1 aliphatic carbocycles. The van der Waals surface area contributed by atoms with Crippen LogP contribution in [0.5, 0.6) is 0 Å². The Morgan fingerprint density at radius 3 is 2.88 bits per heavy atom. The van der Waals surface area contributed by atoms with E-state index < -0.39 is 0 Å². The molecule has 0 spiro atoms. The smallest absolute Gasteiger partial charge is 0.322 e. The summed E-state index contributed by atoms with van der Waals surface area (Å²) in [4.78, 5) is 19.0. The largest absolute Gasteiger partial charge is 0.376 e. The van der Waals surface area contributed by atoms with Crippen molar-refractivity contribution in [3.8, 4) is 0 Å². The van der Waals surface area contributed by atoms with E-state index in [0.717, 1.165) is 43.5 Å². The molecule has 1 aromatic heterocycles. The maximum absolute atomic E-state index is 13.0. The van der Waals surface area contributed by atoms with Gasteiger partial charge >= 0.3 is 6.03 Å². The molecule has 0 bridgehead atoms. The highest BCUT2D eigenvalue weighted by Gasteiger charge is 2.24. The number of hydrogen-bond acceptors (Lipinski definition) is 3. The highest BCUT2D eigenvalue weighted by molar-refractivity contribution is 5.90. The van der Waals surface area contributed by atoms with Crippen LogP contribution in [0.4, 0.5) is 10.5 Å². The van der Waals surface area contributed by atoms with Crippen LogP contribution >= 0.6 is 0 Å². The van der Waals surface area contributed by atoms with Crippen LogP contribution in [0, 0.1) is 0 Å². The molecule has 5 nitrogen and oxygen atoms in total. The molecule has 5 heteroatoms. The molecule has 2 aromatic rings.